The summed E-state index contributed by atoms with van der Waals surface area (Å²) in [6.45, 7) is 10.4. The molecule has 9 rings (SSSR count). The minimum Gasteiger partial charge on any atom is -0.453 e. The highest BCUT2D eigenvalue weighted by Crippen LogP contribution is 2.49. The molecule has 0 bridgehead atoms. The first-order valence-corrected chi connectivity index (χ1v) is 24.9. The van der Waals surface area contributed by atoms with Crippen LogP contribution in [0.15, 0.2) is 77.8 Å². The maximum Gasteiger partial charge on any atom is 0.293 e. The molecule has 4 N–H and O–H groups in total. The standard InChI is InChI=1S/C51H58FN7O7S/c1-5-42-47(27-40-41(52)29-54-48(40)55-42)66-46-25-34(57-23-21-51(22-24-57)30-58(31-51)44-12-8-11-38(44)37-10-7-6-9-36(37)32(2)3)13-15-39(46)49(60)56-67(64,65)35-14-16-43(45(26-35)59(62)63)53-28-33-17-19-50(4,61)20-18-33/h1,6-7,9-10,13-16,25-27,29,32-33,38,44,53,61H,8,11-12,17-24,28,30-31H2,2-4H3,(H,54,55)(H,56,60)/t33?,38-,44-,50?/m0/s1. The zero-order valence-corrected chi connectivity index (χ0v) is 39.0. The second-order valence-electron chi connectivity index (χ2n) is 19.8. The number of H-pyrrole nitrogens is 1. The Balaban J connectivity index is 0.929. The van der Waals surface area contributed by atoms with Crippen molar-refractivity contribution >= 4 is 44.0 Å². The van der Waals surface area contributed by atoms with Gasteiger partial charge in [0.1, 0.15) is 22.9 Å². The average Bonchev–Trinajstić information content (AvgIpc) is 3.93. The van der Waals surface area contributed by atoms with Gasteiger partial charge in [-0.3, -0.25) is 19.8 Å². The Kier molecular flexibility index (Phi) is 12.5. The number of hydrogen-bond donors (Lipinski definition) is 4. The van der Waals surface area contributed by atoms with E-state index in [4.69, 9.17) is 11.2 Å². The average molecular weight is 932 g/mol. The number of nitrogens with one attached hydrogen (secondary N) is 3. The van der Waals surface area contributed by atoms with Crippen LogP contribution in [0, 0.1) is 39.6 Å². The predicted molar refractivity (Wildman–Crippen MR) is 256 cm³/mol. The molecule has 4 heterocycles. The van der Waals surface area contributed by atoms with Crippen molar-refractivity contribution in [1.29, 1.82) is 0 Å². The van der Waals surface area contributed by atoms with Gasteiger partial charge in [0, 0.05) is 62.8 Å². The van der Waals surface area contributed by atoms with Crippen LogP contribution >= 0.6 is 0 Å². The van der Waals surface area contributed by atoms with Crippen LogP contribution in [0.4, 0.5) is 21.5 Å². The van der Waals surface area contributed by atoms with E-state index >= 15 is 0 Å². The van der Waals surface area contributed by atoms with Gasteiger partial charge in [0.2, 0.25) is 0 Å². The van der Waals surface area contributed by atoms with Crippen molar-refractivity contribution in [2.45, 2.75) is 107 Å². The fourth-order valence-electron chi connectivity index (χ4n) is 11.0. The minimum absolute atomic E-state index is 0.0201. The van der Waals surface area contributed by atoms with Crippen LogP contribution in [0.25, 0.3) is 11.0 Å². The molecule has 2 atom stereocenters. The van der Waals surface area contributed by atoms with E-state index in [-0.39, 0.29) is 50.8 Å². The van der Waals surface area contributed by atoms with Gasteiger partial charge >= 0.3 is 0 Å². The number of rotatable bonds is 13. The van der Waals surface area contributed by atoms with Crippen LogP contribution in [-0.4, -0.2) is 83.6 Å². The van der Waals surface area contributed by atoms with E-state index in [0.29, 0.717) is 37.3 Å². The number of sulfonamides is 1. The molecule has 5 aromatic rings. The summed E-state index contributed by atoms with van der Waals surface area (Å²) < 4.78 is 50.8. The lowest BCUT2D eigenvalue weighted by Gasteiger charge is -2.57. The number of likely N-dealkylation sites (tertiary alicyclic amines) is 1. The highest BCUT2D eigenvalue weighted by Gasteiger charge is 2.49. The van der Waals surface area contributed by atoms with Gasteiger partial charge in [-0.05, 0) is 129 Å². The lowest BCUT2D eigenvalue weighted by molar-refractivity contribution is -0.384. The summed E-state index contributed by atoms with van der Waals surface area (Å²) in [5.41, 5.74) is 2.90. The monoisotopic (exact) mass is 931 g/mol. The summed E-state index contributed by atoms with van der Waals surface area (Å²) in [7, 11) is -4.66. The number of fused-ring (bicyclic) bond motifs is 1. The second-order valence-corrected chi connectivity index (χ2v) is 21.4. The van der Waals surface area contributed by atoms with Crippen molar-refractivity contribution in [1.82, 2.24) is 19.6 Å². The van der Waals surface area contributed by atoms with Crippen LogP contribution < -0.4 is 19.7 Å². The molecule has 0 radical (unpaired) electrons. The zero-order valence-electron chi connectivity index (χ0n) is 38.2. The van der Waals surface area contributed by atoms with Crippen molar-refractivity contribution < 1.29 is 32.4 Å². The molecule has 2 aliphatic heterocycles. The number of hydrogen-bond acceptors (Lipinski definition) is 11. The SMILES string of the molecule is C#Cc1nc2[nH]cc(F)c2cc1Oc1cc(N2CCC3(CC2)CN([C@H]2CCC[C@H]2c2ccccc2C(C)C)C3)ccc1C(=O)NS(=O)(=O)c1ccc(NCC2CCC(C)(O)CC2)c([N+](=O)[O-])c1. The van der Waals surface area contributed by atoms with E-state index < -0.39 is 42.9 Å². The maximum atomic E-state index is 14.8. The Hall–Kier alpha value is -6.02. The summed E-state index contributed by atoms with van der Waals surface area (Å²) in [6.07, 6.45) is 15.3. The molecular formula is C51H58FN7O7S. The third-order valence-electron chi connectivity index (χ3n) is 14.8. The quantitative estimate of drug-likeness (QED) is 0.0502. The number of carbonyl (C=O) groups excluding carboxylic acids is 1. The number of benzene rings is 3. The lowest BCUT2D eigenvalue weighted by atomic mass is 9.70. The highest BCUT2D eigenvalue weighted by atomic mass is 32.2. The van der Waals surface area contributed by atoms with Gasteiger partial charge in [-0.15, -0.1) is 6.42 Å². The third kappa shape index (κ3) is 9.46. The largest absolute Gasteiger partial charge is 0.453 e. The van der Waals surface area contributed by atoms with Crippen LogP contribution in [0.3, 0.4) is 0 Å². The van der Waals surface area contributed by atoms with Crippen LogP contribution in [-0.2, 0) is 10.0 Å². The minimum atomic E-state index is -4.66. The normalized spacial score (nSPS) is 22.9. The van der Waals surface area contributed by atoms with E-state index in [1.807, 2.05) is 0 Å². The fraction of sp³-hybridized carbons (Fsp3) is 0.451. The first-order chi connectivity index (χ1) is 32.0. The molecule has 4 fully saturated rings. The number of anilines is 2. The van der Waals surface area contributed by atoms with Crippen molar-refractivity contribution in [3.05, 3.63) is 111 Å². The molecule has 0 unspecified atom stereocenters. The van der Waals surface area contributed by atoms with E-state index in [2.05, 4.69) is 73.8 Å². The van der Waals surface area contributed by atoms with Crippen molar-refractivity contribution in [2.75, 3.05) is 42.9 Å². The number of aromatic amines is 1. The molecular weight excluding hydrogens is 874 g/mol. The summed E-state index contributed by atoms with van der Waals surface area (Å²) in [5.74, 6) is 1.94. The summed E-state index contributed by atoms with van der Waals surface area (Å²) in [4.78, 5) is 37.1. The van der Waals surface area contributed by atoms with Gasteiger partial charge in [0.25, 0.3) is 21.6 Å². The Morgan fingerprint density at radius 2 is 1.79 bits per heavy atom. The van der Waals surface area contributed by atoms with Gasteiger partial charge in [-0.25, -0.2) is 22.5 Å². The topological polar surface area (TPSA) is 183 Å². The van der Waals surface area contributed by atoms with Gasteiger partial charge in [0.15, 0.2) is 11.4 Å². The maximum absolute atomic E-state index is 14.8. The number of nitro groups is 1. The lowest BCUT2D eigenvalue weighted by Crippen LogP contribution is -2.63. The fourth-order valence-corrected chi connectivity index (χ4v) is 12.0. The number of nitrogens with zero attached hydrogens (tertiary/aromatic N) is 4. The van der Waals surface area contributed by atoms with Crippen molar-refractivity contribution in [3.8, 4) is 23.8 Å². The van der Waals surface area contributed by atoms with E-state index in [1.54, 1.807) is 19.1 Å². The van der Waals surface area contributed by atoms with Crippen molar-refractivity contribution in [2.24, 2.45) is 11.3 Å². The molecule has 1 spiro atoms. The molecule has 2 saturated heterocycles. The molecule has 16 heteroatoms. The Bertz CT molecular complexity index is 2850. The number of aliphatic hydroxyl groups is 1. The Morgan fingerprint density at radius 1 is 1.04 bits per heavy atom. The highest BCUT2D eigenvalue weighted by molar-refractivity contribution is 7.90. The molecule has 2 aromatic heterocycles. The van der Waals surface area contributed by atoms with E-state index in [1.165, 1.54) is 54.7 Å². The molecule has 2 saturated carbocycles. The number of ether oxygens (including phenoxy) is 1. The number of amides is 1. The number of piperidine rings is 1. The van der Waals surface area contributed by atoms with Crippen LogP contribution in [0.5, 0.6) is 11.5 Å². The summed E-state index contributed by atoms with van der Waals surface area (Å²) in [5, 5.41) is 25.7. The van der Waals surface area contributed by atoms with E-state index in [9.17, 15) is 32.8 Å². The predicted octanol–water partition coefficient (Wildman–Crippen LogP) is 9.22. The molecule has 3 aromatic carbocycles. The van der Waals surface area contributed by atoms with Gasteiger partial charge in [0.05, 0.1) is 26.4 Å². The Morgan fingerprint density at radius 3 is 2.51 bits per heavy atom. The van der Waals surface area contributed by atoms with Gasteiger partial charge < -0.3 is 25.0 Å². The van der Waals surface area contributed by atoms with Gasteiger partial charge in [-0.1, -0.05) is 44.5 Å². The molecule has 4 aliphatic rings. The molecule has 14 nitrogen and oxygen atoms in total. The molecule has 352 valence electrons. The molecule has 2 aliphatic carbocycles. The Labute approximate surface area is 390 Å². The smallest absolute Gasteiger partial charge is 0.293 e. The van der Waals surface area contributed by atoms with Gasteiger partial charge in [-0.2, -0.15) is 0 Å². The number of carbonyl (C=O) groups is 1. The molecule has 1 amide bonds. The number of terminal acetylenes is 1. The summed E-state index contributed by atoms with van der Waals surface area (Å²) >= 11 is 0. The number of pyridine rings is 1. The van der Waals surface area contributed by atoms with Crippen LogP contribution in [0.1, 0.15) is 118 Å². The zero-order chi connectivity index (χ0) is 47.3. The van der Waals surface area contributed by atoms with E-state index in [0.717, 1.165) is 69.8 Å². The first-order valence-electron chi connectivity index (χ1n) is 23.4. The first kappa shape index (κ1) is 46.1. The summed E-state index contributed by atoms with van der Waals surface area (Å²) in [6, 6.07) is 19.1. The van der Waals surface area contributed by atoms with Crippen LogP contribution in [0.2, 0.25) is 0 Å². The molecule has 67 heavy (non-hydrogen) atoms. The number of aromatic nitrogens is 2. The third-order valence-corrected chi connectivity index (χ3v) is 16.2. The number of nitro benzene ring substituents is 1. The van der Waals surface area contributed by atoms with Crippen molar-refractivity contribution in [3.63, 3.8) is 0 Å². The second kappa shape index (κ2) is 18.2. The number of halogens is 1.